The highest BCUT2D eigenvalue weighted by Gasteiger charge is 2.40. The third-order valence-corrected chi connectivity index (χ3v) is 9.49. The lowest BCUT2D eigenvalue weighted by Gasteiger charge is -2.46. The van der Waals surface area contributed by atoms with Crippen LogP contribution in [0.2, 0.25) is 0 Å². The highest BCUT2D eigenvalue weighted by atomic mass is 16.3. The molecular formula is C32H45N7O. The maximum Gasteiger partial charge on any atom is 0.145 e. The molecule has 0 aliphatic heterocycles. The molecule has 8 heteroatoms. The van der Waals surface area contributed by atoms with Gasteiger partial charge >= 0.3 is 0 Å². The van der Waals surface area contributed by atoms with E-state index in [9.17, 15) is 5.11 Å². The Balaban J connectivity index is 1.03. The first-order valence-electron chi connectivity index (χ1n) is 15.1. The van der Waals surface area contributed by atoms with Crippen LogP contribution < -0.4 is 5.73 Å². The van der Waals surface area contributed by atoms with Crippen molar-refractivity contribution < 1.29 is 5.11 Å². The zero-order valence-electron chi connectivity index (χ0n) is 24.6. The van der Waals surface area contributed by atoms with Gasteiger partial charge in [0, 0.05) is 31.2 Å². The summed E-state index contributed by atoms with van der Waals surface area (Å²) >= 11 is 0. The molecule has 8 nitrogen and oxygen atoms in total. The van der Waals surface area contributed by atoms with E-state index in [0.717, 1.165) is 59.6 Å². The molecule has 0 radical (unpaired) electrons. The smallest absolute Gasteiger partial charge is 0.145 e. The fraction of sp³-hybridized carbons (Fsp3) is 0.594. The zero-order valence-corrected chi connectivity index (χ0v) is 24.6. The first-order chi connectivity index (χ1) is 19.1. The fourth-order valence-electron chi connectivity index (χ4n) is 7.07. The van der Waals surface area contributed by atoms with E-state index in [1.165, 1.54) is 31.2 Å². The molecule has 6 rings (SSSR count). The van der Waals surface area contributed by atoms with E-state index in [0.29, 0.717) is 23.8 Å². The summed E-state index contributed by atoms with van der Waals surface area (Å²) in [5.41, 5.74) is 10.6. The van der Waals surface area contributed by atoms with Crippen molar-refractivity contribution in [3.8, 4) is 0 Å². The molecule has 3 heterocycles. The lowest BCUT2D eigenvalue weighted by molar-refractivity contribution is 0.0355. The van der Waals surface area contributed by atoms with Crippen LogP contribution in [-0.4, -0.2) is 59.2 Å². The summed E-state index contributed by atoms with van der Waals surface area (Å²) in [6.45, 7) is 12.4. The Hall–Kier alpha value is -2.97. The Morgan fingerprint density at radius 3 is 2.65 bits per heavy atom. The van der Waals surface area contributed by atoms with Gasteiger partial charge in [-0.2, -0.15) is 0 Å². The topological polar surface area (TPSA) is 109 Å². The van der Waals surface area contributed by atoms with Gasteiger partial charge in [-0.3, -0.25) is 4.90 Å². The van der Waals surface area contributed by atoms with Gasteiger partial charge in [0.05, 0.1) is 28.6 Å². The summed E-state index contributed by atoms with van der Waals surface area (Å²) in [6.07, 6.45) is 9.63. The molecule has 2 saturated carbocycles. The molecule has 3 atom stereocenters. The van der Waals surface area contributed by atoms with Crippen molar-refractivity contribution in [1.29, 1.82) is 0 Å². The molecule has 214 valence electrons. The van der Waals surface area contributed by atoms with Crippen molar-refractivity contribution in [3.05, 3.63) is 48.2 Å². The van der Waals surface area contributed by atoms with Crippen LogP contribution in [0.25, 0.3) is 22.1 Å². The predicted octanol–water partition coefficient (Wildman–Crippen LogP) is 5.62. The minimum atomic E-state index is -0.372. The van der Waals surface area contributed by atoms with Crippen molar-refractivity contribution in [2.24, 2.45) is 11.8 Å². The third-order valence-electron chi connectivity index (χ3n) is 9.49. The molecule has 3 aromatic heterocycles. The maximum atomic E-state index is 11.0. The van der Waals surface area contributed by atoms with Crippen molar-refractivity contribution >= 4 is 27.9 Å². The number of aromatic amines is 1. The molecule has 4 aromatic rings. The standard InChI is InChI=1S/C32H45N7O/c1-19(2)39(17-21-14-27(28(40)15-21)38-11-10-24-30(33)34-18-35-31(24)38)23-12-20(13-23)6-9-29-36-25-8-7-22(32(3,4)5)16-26(25)37-29/h7-8,10-11,16,18-21,23,27-28,40H,6,9,12-15,17H2,1-5H3,(H,36,37)(H2,33,34,35)/t20?,21-,23?,27+,28+/m0/s1. The summed E-state index contributed by atoms with van der Waals surface area (Å²) in [5, 5.41) is 11.9. The Morgan fingerprint density at radius 1 is 1.10 bits per heavy atom. The number of hydrogen-bond donors (Lipinski definition) is 3. The molecule has 40 heavy (non-hydrogen) atoms. The monoisotopic (exact) mass is 543 g/mol. The number of benzene rings is 1. The minimum Gasteiger partial charge on any atom is -0.391 e. The summed E-state index contributed by atoms with van der Waals surface area (Å²) < 4.78 is 2.11. The van der Waals surface area contributed by atoms with Crippen molar-refractivity contribution in [3.63, 3.8) is 0 Å². The van der Waals surface area contributed by atoms with Crippen molar-refractivity contribution in [2.45, 2.75) is 103 Å². The lowest BCUT2D eigenvalue weighted by atomic mass is 9.76. The van der Waals surface area contributed by atoms with Gasteiger partial charge in [-0.1, -0.05) is 26.8 Å². The highest BCUT2D eigenvalue weighted by molar-refractivity contribution is 5.86. The number of nitrogens with one attached hydrogen (secondary N) is 1. The Morgan fingerprint density at radius 2 is 1.90 bits per heavy atom. The number of aliphatic hydroxyl groups is 1. The van der Waals surface area contributed by atoms with Crippen LogP contribution in [0, 0.1) is 11.8 Å². The Bertz CT molecular complexity index is 1480. The van der Waals surface area contributed by atoms with Gasteiger partial charge in [-0.15, -0.1) is 0 Å². The van der Waals surface area contributed by atoms with Crippen molar-refractivity contribution in [2.75, 3.05) is 12.3 Å². The third kappa shape index (κ3) is 5.23. The van der Waals surface area contributed by atoms with Gasteiger partial charge < -0.3 is 20.4 Å². The summed E-state index contributed by atoms with van der Waals surface area (Å²) in [5.74, 6) is 2.82. The number of anilines is 1. The molecule has 4 N–H and O–H groups in total. The number of nitrogens with zero attached hydrogens (tertiary/aromatic N) is 5. The van der Waals surface area contributed by atoms with Gasteiger partial charge in [-0.25, -0.2) is 15.0 Å². The van der Waals surface area contributed by atoms with Gasteiger partial charge in [0.15, 0.2) is 0 Å². The number of hydrogen-bond acceptors (Lipinski definition) is 6. The van der Waals surface area contributed by atoms with Crippen LogP contribution in [0.4, 0.5) is 5.82 Å². The van der Waals surface area contributed by atoms with E-state index in [2.05, 4.69) is 77.2 Å². The molecule has 1 aromatic carbocycles. The quantitative estimate of drug-likeness (QED) is 0.266. The second kappa shape index (κ2) is 10.5. The van der Waals surface area contributed by atoms with Gasteiger partial charge in [0.2, 0.25) is 0 Å². The Kier molecular flexibility index (Phi) is 7.11. The number of nitrogens with two attached hydrogens (primary N) is 1. The van der Waals surface area contributed by atoms with Gasteiger partial charge in [0.25, 0.3) is 0 Å². The lowest BCUT2D eigenvalue weighted by Crippen LogP contribution is -2.49. The molecule has 0 saturated heterocycles. The fourth-order valence-corrected chi connectivity index (χ4v) is 7.07. The largest absolute Gasteiger partial charge is 0.391 e. The molecule has 2 fully saturated rings. The second-order valence-corrected chi connectivity index (χ2v) is 13.7. The minimum absolute atomic E-state index is 0.0308. The van der Waals surface area contributed by atoms with Gasteiger partial charge in [-0.05, 0) is 87.0 Å². The number of rotatable bonds is 8. The Labute approximate surface area is 237 Å². The van der Waals surface area contributed by atoms with Crippen LogP contribution in [0.5, 0.6) is 0 Å². The zero-order chi connectivity index (χ0) is 28.2. The normalized spacial score (nSPS) is 25.4. The number of nitrogen functional groups attached to an aromatic ring is 1. The number of H-pyrrole nitrogens is 1. The average molecular weight is 544 g/mol. The molecule has 2 aliphatic carbocycles. The predicted molar refractivity (Wildman–Crippen MR) is 161 cm³/mol. The van der Waals surface area contributed by atoms with Crippen molar-refractivity contribution in [1.82, 2.24) is 29.4 Å². The number of aryl methyl sites for hydroxylation is 1. The highest BCUT2D eigenvalue weighted by Crippen LogP contribution is 2.41. The van der Waals surface area contributed by atoms with E-state index in [-0.39, 0.29) is 17.6 Å². The van der Waals surface area contributed by atoms with E-state index in [4.69, 9.17) is 10.7 Å². The molecule has 0 unspecified atom stereocenters. The summed E-state index contributed by atoms with van der Waals surface area (Å²) in [6, 6.07) is 9.75. The molecular weight excluding hydrogens is 498 g/mol. The van der Waals surface area contributed by atoms with E-state index in [1.54, 1.807) is 0 Å². The van der Waals surface area contributed by atoms with Crippen LogP contribution in [0.1, 0.15) is 84.2 Å². The molecule has 0 spiro atoms. The second-order valence-electron chi connectivity index (χ2n) is 13.7. The number of imidazole rings is 1. The van der Waals surface area contributed by atoms with E-state index < -0.39 is 0 Å². The SMILES string of the molecule is CC(C)N(C[C@@H]1C[C@@H](O)[C@H](n2ccc3c(N)ncnc32)C1)C1CC(CCc2nc3ccc(C(C)(C)C)cc3[nH]2)C1. The van der Waals surface area contributed by atoms with E-state index in [1.807, 2.05) is 12.3 Å². The number of aromatic nitrogens is 5. The molecule has 0 amide bonds. The number of aliphatic hydroxyl groups excluding tert-OH is 1. The molecule has 2 aliphatic rings. The molecule has 0 bridgehead atoms. The van der Waals surface area contributed by atoms with Crippen LogP contribution >= 0.6 is 0 Å². The van der Waals surface area contributed by atoms with Crippen LogP contribution in [-0.2, 0) is 11.8 Å². The van der Waals surface area contributed by atoms with E-state index >= 15 is 0 Å². The summed E-state index contributed by atoms with van der Waals surface area (Å²) in [4.78, 5) is 19.7. The maximum absolute atomic E-state index is 11.0. The first-order valence-corrected chi connectivity index (χ1v) is 15.1. The average Bonchev–Trinajstić information content (AvgIpc) is 3.57. The number of fused-ring (bicyclic) bond motifs is 2. The van der Waals surface area contributed by atoms with Crippen LogP contribution in [0.3, 0.4) is 0 Å². The first kappa shape index (κ1) is 27.2. The summed E-state index contributed by atoms with van der Waals surface area (Å²) in [7, 11) is 0. The van der Waals surface area contributed by atoms with Crippen LogP contribution in [0.15, 0.2) is 36.8 Å². The van der Waals surface area contributed by atoms with Gasteiger partial charge in [0.1, 0.15) is 23.6 Å².